The van der Waals surface area contributed by atoms with Crippen molar-refractivity contribution in [3.63, 3.8) is 0 Å². The number of carbonyl (C=O) groups excluding carboxylic acids is 1. The summed E-state index contributed by atoms with van der Waals surface area (Å²) >= 11 is 1.43. The Morgan fingerprint density at radius 3 is 2.35 bits per heavy atom. The summed E-state index contributed by atoms with van der Waals surface area (Å²) in [6.45, 7) is 0. The molecular weight excluding hydrogens is 406 g/mol. The lowest BCUT2D eigenvalue weighted by Gasteiger charge is -2.19. The maximum absolute atomic E-state index is 13.5. The quantitative estimate of drug-likeness (QED) is 0.493. The fraction of sp³-hybridized carbons (Fsp3) is 0.160. The molecule has 0 fully saturated rings. The van der Waals surface area contributed by atoms with Crippen LogP contribution in [0.15, 0.2) is 73.2 Å². The van der Waals surface area contributed by atoms with Gasteiger partial charge in [-0.05, 0) is 41.2 Å². The molecule has 0 unspecified atom stereocenters. The number of anilines is 1. The van der Waals surface area contributed by atoms with Crippen molar-refractivity contribution in [2.24, 2.45) is 0 Å². The van der Waals surface area contributed by atoms with Crippen molar-refractivity contribution in [1.29, 1.82) is 0 Å². The highest BCUT2D eigenvalue weighted by Crippen LogP contribution is 2.36. The largest absolute Gasteiger partial charge is 0.495 e. The number of aromatic nitrogens is 2. The number of hydrogen-bond acceptors (Lipinski definition) is 5. The predicted molar refractivity (Wildman–Crippen MR) is 123 cm³/mol. The number of hydrogen-bond donors (Lipinski definition) is 1. The van der Waals surface area contributed by atoms with Gasteiger partial charge in [0.2, 0.25) is 5.91 Å². The highest BCUT2D eigenvalue weighted by Gasteiger charge is 2.29. The van der Waals surface area contributed by atoms with Crippen LogP contribution >= 0.6 is 11.3 Å². The van der Waals surface area contributed by atoms with Crippen LogP contribution < -0.4 is 10.1 Å². The van der Waals surface area contributed by atoms with E-state index < -0.39 is 0 Å². The molecule has 4 aromatic rings. The van der Waals surface area contributed by atoms with Crippen LogP contribution in [0.4, 0.5) is 5.13 Å². The van der Waals surface area contributed by atoms with E-state index in [9.17, 15) is 4.79 Å². The summed E-state index contributed by atoms with van der Waals surface area (Å²) in [6.07, 6.45) is 7.04. The van der Waals surface area contributed by atoms with Crippen molar-refractivity contribution in [3.8, 4) is 16.2 Å². The van der Waals surface area contributed by atoms with E-state index >= 15 is 0 Å². The van der Waals surface area contributed by atoms with Crippen molar-refractivity contribution in [1.82, 2.24) is 9.97 Å². The molecule has 0 atom stereocenters. The van der Waals surface area contributed by atoms with Crippen LogP contribution in [0.2, 0.25) is 0 Å². The van der Waals surface area contributed by atoms with Crippen LogP contribution in [0.5, 0.6) is 5.75 Å². The summed E-state index contributed by atoms with van der Waals surface area (Å²) in [7, 11) is 1.61. The highest BCUT2D eigenvalue weighted by atomic mass is 32.1. The van der Waals surface area contributed by atoms with Gasteiger partial charge >= 0.3 is 0 Å². The summed E-state index contributed by atoms with van der Waals surface area (Å²) < 4.78 is 5.26. The number of nitrogens with zero attached hydrogens (tertiary/aromatic N) is 2. The topological polar surface area (TPSA) is 64.1 Å². The Morgan fingerprint density at radius 1 is 1.00 bits per heavy atom. The minimum atomic E-state index is -0.360. The molecule has 0 saturated carbocycles. The van der Waals surface area contributed by atoms with E-state index in [1.165, 1.54) is 22.5 Å². The summed E-state index contributed by atoms with van der Waals surface area (Å²) in [5.74, 6) is 0.260. The molecule has 5 nitrogen and oxygen atoms in total. The number of ether oxygens (including phenoxy) is 1. The first-order valence-corrected chi connectivity index (χ1v) is 11.0. The Morgan fingerprint density at radius 2 is 1.68 bits per heavy atom. The fourth-order valence-electron chi connectivity index (χ4n) is 4.11. The molecule has 5 rings (SSSR count). The summed E-state index contributed by atoms with van der Waals surface area (Å²) in [6, 6.07) is 18.4. The minimum absolute atomic E-state index is 0.0635. The van der Waals surface area contributed by atoms with Gasteiger partial charge in [0.1, 0.15) is 5.75 Å². The number of thiazole rings is 1. The lowest BCUT2D eigenvalue weighted by molar-refractivity contribution is -0.116. The molecule has 1 N–H and O–H groups in total. The number of rotatable bonds is 4. The standard InChI is InChI=1S/C25H21N3O2S/c1-30-19-12-18(13-26-14-19)22-15-27-25(31-22)28-24(29)23-20-8-4-2-6-16(20)10-11-17-7-3-5-9-21(17)23/h2-9,12-15,23H,10-11H2,1H3,(H,27,28,29). The Balaban J connectivity index is 1.47. The lowest BCUT2D eigenvalue weighted by atomic mass is 9.87. The smallest absolute Gasteiger partial charge is 0.238 e. The Labute approximate surface area is 184 Å². The zero-order chi connectivity index (χ0) is 21.2. The molecule has 2 aromatic heterocycles. The zero-order valence-electron chi connectivity index (χ0n) is 17.0. The molecule has 0 aliphatic heterocycles. The molecule has 31 heavy (non-hydrogen) atoms. The van der Waals surface area contributed by atoms with Gasteiger partial charge in [-0.25, -0.2) is 4.98 Å². The first-order chi connectivity index (χ1) is 15.2. The van der Waals surface area contributed by atoms with Crippen molar-refractivity contribution in [2.75, 3.05) is 12.4 Å². The molecule has 6 heteroatoms. The molecule has 1 aliphatic rings. The Hall–Kier alpha value is -3.51. The minimum Gasteiger partial charge on any atom is -0.495 e. The molecular formula is C25H21N3O2S. The van der Waals surface area contributed by atoms with E-state index in [1.54, 1.807) is 25.7 Å². The van der Waals surface area contributed by atoms with Crippen LogP contribution in [-0.4, -0.2) is 23.0 Å². The van der Waals surface area contributed by atoms with Gasteiger partial charge in [0.05, 0.1) is 24.1 Å². The maximum atomic E-state index is 13.5. The first-order valence-electron chi connectivity index (χ1n) is 10.1. The van der Waals surface area contributed by atoms with E-state index in [0.717, 1.165) is 34.4 Å². The lowest BCUT2D eigenvalue weighted by Crippen LogP contribution is -2.23. The third kappa shape index (κ3) is 3.82. The SMILES string of the molecule is COc1cncc(-c2cnc(NC(=O)C3c4ccccc4CCc4ccccc43)s2)c1. The number of methoxy groups -OCH3 is 1. The fourth-order valence-corrected chi connectivity index (χ4v) is 4.91. The summed E-state index contributed by atoms with van der Waals surface area (Å²) in [5.41, 5.74) is 5.49. The van der Waals surface area contributed by atoms with Gasteiger partial charge in [0.25, 0.3) is 0 Å². The van der Waals surface area contributed by atoms with E-state index in [-0.39, 0.29) is 11.8 Å². The van der Waals surface area contributed by atoms with Gasteiger partial charge in [-0.1, -0.05) is 59.9 Å². The second kappa shape index (κ2) is 8.32. The van der Waals surface area contributed by atoms with E-state index in [1.807, 2.05) is 30.3 Å². The van der Waals surface area contributed by atoms with Crippen LogP contribution in [-0.2, 0) is 17.6 Å². The van der Waals surface area contributed by atoms with Gasteiger partial charge < -0.3 is 10.1 Å². The van der Waals surface area contributed by atoms with Gasteiger partial charge in [-0.15, -0.1) is 0 Å². The van der Waals surface area contributed by atoms with E-state index in [4.69, 9.17) is 4.74 Å². The van der Waals surface area contributed by atoms with E-state index in [0.29, 0.717) is 10.9 Å². The number of pyridine rings is 1. The van der Waals surface area contributed by atoms with Crippen molar-refractivity contribution in [3.05, 3.63) is 95.4 Å². The zero-order valence-corrected chi connectivity index (χ0v) is 17.9. The average molecular weight is 428 g/mol. The third-order valence-electron chi connectivity index (χ3n) is 5.63. The summed E-state index contributed by atoms with van der Waals surface area (Å²) in [5, 5.41) is 3.63. The molecule has 154 valence electrons. The Kier molecular flexibility index (Phi) is 5.22. The van der Waals surface area contributed by atoms with Crippen LogP contribution in [0, 0.1) is 0 Å². The average Bonchev–Trinajstić information content (AvgIpc) is 3.20. The molecule has 0 spiro atoms. The Bertz CT molecular complexity index is 1200. The van der Waals surface area contributed by atoms with E-state index in [2.05, 4.69) is 39.6 Å². The molecule has 0 saturated heterocycles. The molecule has 2 aromatic carbocycles. The van der Waals surface area contributed by atoms with Gasteiger partial charge in [0.15, 0.2) is 5.13 Å². The molecule has 2 heterocycles. The molecule has 1 amide bonds. The van der Waals surface area contributed by atoms with Crippen LogP contribution in [0.3, 0.4) is 0 Å². The maximum Gasteiger partial charge on any atom is 0.238 e. The number of aryl methyl sites for hydroxylation is 2. The molecule has 0 bridgehead atoms. The van der Waals surface area contributed by atoms with Crippen LogP contribution in [0.1, 0.15) is 28.2 Å². The van der Waals surface area contributed by atoms with Gasteiger partial charge in [0, 0.05) is 18.0 Å². The first kappa shape index (κ1) is 19.5. The van der Waals surface area contributed by atoms with Crippen molar-refractivity contribution in [2.45, 2.75) is 18.8 Å². The number of fused-ring (bicyclic) bond motifs is 2. The molecule has 1 aliphatic carbocycles. The monoisotopic (exact) mass is 427 g/mol. The van der Waals surface area contributed by atoms with Gasteiger partial charge in [-0.2, -0.15) is 0 Å². The predicted octanol–water partition coefficient (Wildman–Crippen LogP) is 5.08. The molecule has 0 radical (unpaired) electrons. The number of benzene rings is 2. The third-order valence-corrected chi connectivity index (χ3v) is 6.59. The van der Waals surface area contributed by atoms with Crippen molar-refractivity contribution < 1.29 is 9.53 Å². The normalized spacial score (nSPS) is 13.1. The second-order valence-electron chi connectivity index (χ2n) is 7.46. The summed E-state index contributed by atoms with van der Waals surface area (Å²) in [4.78, 5) is 23.1. The number of amides is 1. The van der Waals surface area contributed by atoms with Crippen molar-refractivity contribution >= 4 is 22.4 Å². The second-order valence-corrected chi connectivity index (χ2v) is 8.49. The van der Waals surface area contributed by atoms with Crippen LogP contribution in [0.25, 0.3) is 10.4 Å². The number of nitrogens with one attached hydrogen (secondary N) is 1. The highest BCUT2D eigenvalue weighted by molar-refractivity contribution is 7.19. The number of carbonyl (C=O) groups is 1. The van der Waals surface area contributed by atoms with Gasteiger partial charge in [-0.3, -0.25) is 9.78 Å².